The lowest BCUT2D eigenvalue weighted by Gasteiger charge is -2.12. The standard InChI is InChI=1S/C13H14NO3S/c1-2-5-13(18(15,16)17)12-9-8-10-6-3-4-7-11(10)14-12/h3-4,6-8,13H,2,5H2,1H3,(H,15,16,17). The maximum absolute atomic E-state index is 11.4. The highest BCUT2D eigenvalue weighted by atomic mass is 32.2. The quantitative estimate of drug-likeness (QED) is 0.862. The van der Waals surface area contributed by atoms with Gasteiger partial charge in [0.05, 0.1) is 11.2 Å². The van der Waals surface area contributed by atoms with Gasteiger partial charge in [0.1, 0.15) is 5.25 Å². The van der Waals surface area contributed by atoms with Crippen LogP contribution < -0.4 is 0 Å². The molecule has 95 valence electrons. The molecule has 1 aromatic heterocycles. The first kappa shape index (κ1) is 13.0. The predicted molar refractivity (Wildman–Crippen MR) is 69.8 cm³/mol. The summed E-state index contributed by atoms with van der Waals surface area (Å²) in [6.45, 7) is 1.86. The fourth-order valence-corrected chi connectivity index (χ4v) is 2.82. The van der Waals surface area contributed by atoms with Crippen LogP contribution in [-0.4, -0.2) is 18.0 Å². The van der Waals surface area contributed by atoms with Gasteiger partial charge in [-0.1, -0.05) is 31.5 Å². The van der Waals surface area contributed by atoms with Gasteiger partial charge in [0.15, 0.2) is 0 Å². The third kappa shape index (κ3) is 2.68. The molecule has 0 bridgehead atoms. The van der Waals surface area contributed by atoms with E-state index in [0.29, 0.717) is 18.4 Å². The lowest BCUT2D eigenvalue weighted by atomic mass is 10.1. The number of para-hydroxylation sites is 1. The Balaban J connectivity index is 2.51. The van der Waals surface area contributed by atoms with Gasteiger partial charge in [-0.25, -0.2) is 0 Å². The molecule has 4 nitrogen and oxygen atoms in total. The largest absolute Gasteiger partial charge is 0.285 e. The number of aromatic nitrogens is 1. The highest BCUT2D eigenvalue weighted by Gasteiger charge is 2.25. The molecule has 2 rings (SSSR count). The molecule has 0 aliphatic carbocycles. The minimum atomic E-state index is -4.14. The van der Waals surface area contributed by atoms with Crippen LogP contribution in [0.25, 0.3) is 10.9 Å². The van der Waals surface area contributed by atoms with Crippen LogP contribution in [0.5, 0.6) is 0 Å². The van der Waals surface area contributed by atoms with Gasteiger partial charge >= 0.3 is 0 Å². The predicted octanol–water partition coefficient (Wildman–Crippen LogP) is 2.76. The van der Waals surface area contributed by atoms with E-state index in [4.69, 9.17) is 0 Å². The van der Waals surface area contributed by atoms with E-state index in [-0.39, 0.29) is 5.69 Å². The summed E-state index contributed by atoms with van der Waals surface area (Å²) >= 11 is 0. The molecule has 1 unspecified atom stereocenters. The van der Waals surface area contributed by atoms with E-state index in [1.54, 1.807) is 12.1 Å². The molecule has 0 spiro atoms. The Kier molecular flexibility index (Phi) is 3.63. The molecule has 0 saturated heterocycles. The zero-order valence-corrected chi connectivity index (χ0v) is 10.8. The van der Waals surface area contributed by atoms with E-state index < -0.39 is 15.4 Å². The lowest BCUT2D eigenvalue weighted by molar-refractivity contribution is 0.461. The average molecular weight is 264 g/mol. The monoisotopic (exact) mass is 264 g/mol. The van der Waals surface area contributed by atoms with Crippen molar-refractivity contribution in [1.29, 1.82) is 0 Å². The summed E-state index contributed by atoms with van der Waals surface area (Å²) in [5.74, 6) is 0. The molecule has 1 aromatic carbocycles. The fourth-order valence-electron chi connectivity index (χ4n) is 1.88. The van der Waals surface area contributed by atoms with Gasteiger partial charge in [0.25, 0.3) is 10.1 Å². The highest BCUT2D eigenvalue weighted by Crippen LogP contribution is 2.26. The van der Waals surface area contributed by atoms with Crippen LogP contribution in [-0.2, 0) is 10.1 Å². The summed E-state index contributed by atoms with van der Waals surface area (Å²) in [7, 11) is -4.14. The third-order valence-electron chi connectivity index (χ3n) is 2.77. The molecule has 2 aromatic rings. The van der Waals surface area contributed by atoms with Crippen LogP contribution in [0.15, 0.2) is 30.3 Å². The first-order valence-electron chi connectivity index (χ1n) is 5.76. The summed E-state index contributed by atoms with van der Waals surface area (Å²) < 4.78 is 32.0. The van der Waals surface area contributed by atoms with Crippen molar-refractivity contribution >= 4 is 21.0 Å². The Bertz CT molecular complexity index is 652. The van der Waals surface area contributed by atoms with Crippen molar-refractivity contribution in [1.82, 2.24) is 4.98 Å². The number of rotatable bonds is 4. The molecule has 0 aliphatic rings. The summed E-state index contributed by atoms with van der Waals surface area (Å²) in [5.41, 5.74) is 0.981. The van der Waals surface area contributed by atoms with E-state index in [1.165, 1.54) is 0 Å². The second kappa shape index (κ2) is 5.04. The molecule has 1 N–H and O–H groups in total. The van der Waals surface area contributed by atoms with Crippen LogP contribution in [0.4, 0.5) is 0 Å². The highest BCUT2D eigenvalue weighted by molar-refractivity contribution is 7.86. The zero-order chi connectivity index (χ0) is 13.2. The van der Waals surface area contributed by atoms with Gasteiger partial charge in [-0.2, -0.15) is 8.42 Å². The van der Waals surface area contributed by atoms with Crippen molar-refractivity contribution < 1.29 is 13.0 Å². The van der Waals surface area contributed by atoms with Crippen LogP contribution >= 0.6 is 0 Å². The molecule has 5 heteroatoms. The van der Waals surface area contributed by atoms with E-state index in [9.17, 15) is 13.0 Å². The van der Waals surface area contributed by atoms with Crippen LogP contribution in [0.1, 0.15) is 30.7 Å². The SMILES string of the molecule is CCCC(c1[c]cc2ccccc2n1)S(=O)(=O)O. The van der Waals surface area contributed by atoms with Crippen LogP contribution in [0.3, 0.4) is 0 Å². The maximum atomic E-state index is 11.4. The van der Waals surface area contributed by atoms with Crippen molar-refractivity contribution in [2.24, 2.45) is 0 Å². The molecule has 0 fully saturated rings. The number of benzene rings is 1. The van der Waals surface area contributed by atoms with Crippen molar-refractivity contribution in [3.8, 4) is 0 Å². The van der Waals surface area contributed by atoms with Gasteiger partial charge < -0.3 is 0 Å². The lowest BCUT2D eigenvalue weighted by Crippen LogP contribution is -2.13. The molecule has 1 heterocycles. The molecule has 1 atom stereocenters. The molecule has 1 radical (unpaired) electrons. The second-order valence-electron chi connectivity index (χ2n) is 4.14. The van der Waals surface area contributed by atoms with Gasteiger partial charge in [0, 0.05) is 11.5 Å². The summed E-state index contributed by atoms with van der Waals surface area (Å²) in [4.78, 5) is 4.27. The van der Waals surface area contributed by atoms with Crippen molar-refractivity contribution in [2.45, 2.75) is 25.0 Å². The smallest absolute Gasteiger partial charge is 0.273 e. The van der Waals surface area contributed by atoms with Gasteiger partial charge in [-0.3, -0.25) is 9.54 Å². The summed E-state index contributed by atoms with van der Waals surface area (Å²) in [6.07, 6.45) is 0.980. The number of fused-ring (bicyclic) bond motifs is 1. The second-order valence-corrected chi connectivity index (χ2v) is 5.74. The van der Waals surface area contributed by atoms with E-state index in [0.717, 1.165) is 5.39 Å². The average Bonchev–Trinajstić information content (AvgIpc) is 2.34. The van der Waals surface area contributed by atoms with Crippen LogP contribution in [0, 0.1) is 6.07 Å². The summed E-state index contributed by atoms with van der Waals surface area (Å²) in [5, 5.41) is -0.0982. The minimum absolute atomic E-state index is 0.276. The molecular formula is C13H14NO3S. The Morgan fingerprint density at radius 3 is 2.78 bits per heavy atom. The Labute approximate surface area is 106 Å². The number of hydrogen-bond donors (Lipinski definition) is 1. The number of nitrogens with zero attached hydrogens (tertiary/aromatic N) is 1. The zero-order valence-electron chi connectivity index (χ0n) is 10.00. The topological polar surface area (TPSA) is 67.3 Å². The molecular weight excluding hydrogens is 250 g/mol. The normalized spacial score (nSPS) is 13.7. The third-order valence-corrected chi connectivity index (χ3v) is 3.95. The molecule has 0 amide bonds. The van der Waals surface area contributed by atoms with E-state index in [2.05, 4.69) is 11.1 Å². The van der Waals surface area contributed by atoms with E-state index >= 15 is 0 Å². The maximum Gasteiger partial charge on any atom is 0.273 e. The van der Waals surface area contributed by atoms with E-state index in [1.807, 2.05) is 25.1 Å². The van der Waals surface area contributed by atoms with Crippen molar-refractivity contribution in [3.63, 3.8) is 0 Å². The van der Waals surface area contributed by atoms with Gasteiger partial charge in [0.2, 0.25) is 0 Å². The first-order valence-corrected chi connectivity index (χ1v) is 7.26. The number of hydrogen-bond acceptors (Lipinski definition) is 3. The van der Waals surface area contributed by atoms with Gasteiger partial charge in [-0.05, 0) is 18.6 Å². The Morgan fingerprint density at radius 2 is 2.11 bits per heavy atom. The first-order chi connectivity index (χ1) is 8.52. The molecule has 18 heavy (non-hydrogen) atoms. The minimum Gasteiger partial charge on any atom is -0.285 e. The van der Waals surface area contributed by atoms with Crippen molar-refractivity contribution in [3.05, 3.63) is 42.1 Å². The Hall–Kier alpha value is -1.46. The van der Waals surface area contributed by atoms with Crippen LogP contribution in [0.2, 0.25) is 0 Å². The summed E-state index contributed by atoms with van der Waals surface area (Å²) in [6, 6.07) is 12.0. The fraction of sp³-hybridized carbons (Fsp3) is 0.308. The Morgan fingerprint density at radius 1 is 1.39 bits per heavy atom. The van der Waals surface area contributed by atoms with Gasteiger partial charge in [-0.15, -0.1) is 0 Å². The number of pyridine rings is 1. The molecule has 0 aliphatic heterocycles. The molecule has 0 saturated carbocycles. The van der Waals surface area contributed by atoms with Crippen molar-refractivity contribution in [2.75, 3.05) is 0 Å².